The summed E-state index contributed by atoms with van der Waals surface area (Å²) in [4.78, 5) is 16.2. The fraction of sp³-hybridized carbons (Fsp3) is 0.519. The monoisotopic (exact) mass is 450 g/mol. The fourth-order valence-electron chi connectivity index (χ4n) is 5.84. The van der Waals surface area contributed by atoms with E-state index in [1.54, 1.807) is 18.4 Å². The van der Waals surface area contributed by atoms with E-state index in [-0.39, 0.29) is 5.43 Å². The molecule has 1 aromatic heterocycles. The lowest BCUT2D eigenvalue weighted by Crippen LogP contribution is -2.47. The van der Waals surface area contributed by atoms with Gasteiger partial charge in [-0.2, -0.15) is 0 Å². The van der Waals surface area contributed by atoms with Crippen LogP contribution in [0.2, 0.25) is 0 Å². The highest BCUT2D eigenvalue weighted by Gasteiger charge is 2.32. The second-order valence-electron chi connectivity index (χ2n) is 9.50. The van der Waals surface area contributed by atoms with Crippen molar-refractivity contribution in [2.24, 2.45) is 5.92 Å². The van der Waals surface area contributed by atoms with Gasteiger partial charge >= 0.3 is 0 Å². The summed E-state index contributed by atoms with van der Waals surface area (Å²) in [6.07, 6.45) is 9.35. The Labute approximate surface area is 194 Å². The van der Waals surface area contributed by atoms with Crippen LogP contribution in [-0.2, 0) is 0 Å². The van der Waals surface area contributed by atoms with Crippen molar-refractivity contribution in [1.82, 2.24) is 4.90 Å². The Morgan fingerprint density at radius 2 is 2.00 bits per heavy atom. The van der Waals surface area contributed by atoms with Crippen molar-refractivity contribution >= 4 is 37.2 Å². The number of nitrogens with zero attached hydrogens (tertiary/aromatic N) is 1. The number of ether oxygens (including phenoxy) is 1. The maximum Gasteiger partial charge on any atom is 0.198 e. The first-order valence-corrected chi connectivity index (χ1v) is 13.0. The van der Waals surface area contributed by atoms with Gasteiger partial charge in [-0.05, 0) is 94.3 Å². The van der Waals surface area contributed by atoms with Crippen LogP contribution in [0.15, 0.2) is 35.1 Å². The molecule has 0 amide bonds. The normalized spacial score (nSPS) is 21.6. The molecule has 3 aromatic rings. The molecular weight excluding hydrogens is 416 g/mol. The summed E-state index contributed by atoms with van der Waals surface area (Å²) in [7, 11) is 1.64. The second-order valence-corrected chi connectivity index (χ2v) is 10.6. The topological polar surface area (TPSA) is 41.6 Å². The molecule has 3 heterocycles. The van der Waals surface area contributed by atoms with E-state index < -0.39 is 0 Å². The first kappa shape index (κ1) is 21.7. The number of hydrogen-bond donors (Lipinski definition) is 1. The number of hydrogen-bond acceptors (Lipinski definition) is 5. The van der Waals surface area contributed by atoms with Gasteiger partial charge in [0.1, 0.15) is 5.75 Å². The molecule has 2 aliphatic rings. The maximum atomic E-state index is 13.5. The predicted octanol–water partition coefficient (Wildman–Crippen LogP) is 6.19. The molecule has 1 N–H and O–H groups in total. The zero-order valence-corrected chi connectivity index (χ0v) is 20.1. The number of rotatable bonds is 6. The molecule has 5 heteroatoms. The zero-order chi connectivity index (χ0) is 22.1. The summed E-state index contributed by atoms with van der Waals surface area (Å²) in [6, 6.07) is 10.8. The Morgan fingerprint density at radius 3 is 2.88 bits per heavy atom. The molecule has 0 aliphatic carbocycles. The van der Waals surface area contributed by atoms with Crippen molar-refractivity contribution in [3.63, 3.8) is 0 Å². The van der Waals surface area contributed by atoms with Gasteiger partial charge in [0.2, 0.25) is 0 Å². The molecule has 2 fully saturated rings. The lowest BCUT2D eigenvalue weighted by Gasteiger charge is -2.44. The molecule has 0 spiro atoms. The largest absolute Gasteiger partial charge is 0.497 e. The number of nitrogens with one attached hydrogen (secondary N) is 1. The van der Waals surface area contributed by atoms with E-state index >= 15 is 0 Å². The Morgan fingerprint density at radius 1 is 1.12 bits per heavy atom. The predicted molar refractivity (Wildman–Crippen MR) is 137 cm³/mol. The fourth-order valence-corrected chi connectivity index (χ4v) is 6.99. The van der Waals surface area contributed by atoms with Crippen LogP contribution in [-0.4, -0.2) is 37.7 Å². The van der Waals surface area contributed by atoms with Crippen molar-refractivity contribution in [3.8, 4) is 5.75 Å². The summed E-state index contributed by atoms with van der Waals surface area (Å²) < 4.78 is 7.46. The average molecular weight is 451 g/mol. The molecule has 2 aliphatic heterocycles. The van der Waals surface area contributed by atoms with Gasteiger partial charge in [-0.1, -0.05) is 12.5 Å². The third kappa shape index (κ3) is 4.13. The van der Waals surface area contributed by atoms with Crippen molar-refractivity contribution in [3.05, 3.63) is 46.1 Å². The number of anilines is 1. The molecule has 0 bridgehead atoms. The van der Waals surface area contributed by atoms with Crippen LogP contribution in [0.4, 0.5) is 5.69 Å². The van der Waals surface area contributed by atoms with Crippen LogP contribution < -0.4 is 15.5 Å². The van der Waals surface area contributed by atoms with Gasteiger partial charge in [0.15, 0.2) is 5.43 Å². The molecule has 2 aromatic carbocycles. The molecule has 2 atom stereocenters. The van der Waals surface area contributed by atoms with E-state index in [9.17, 15) is 4.79 Å². The van der Waals surface area contributed by atoms with E-state index in [2.05, 4.69) is 29.3 Å². The Bertz CT molecular complexity index is 1170. The van der Waals surface area contributed by atoms with Gasteiger partial charge in [0.25, 0.3) is 0 Å². The average Bonchev–Trinajstić information content (AvgIpc) is 2.83. The summed E-state index contributed by atoms with van der Waals surface area (Å²) >= 11 is 1.70. The number of methoxy groups -OCH3 is 1. The van der Waals surface area contributed by atoms with Crippen LogP contribution in [0.3, 0.4) is 0 Å². The second kappa shape index (κ2) is 9.40. The van der Waals surface area contributed by atoms with Gasteiger partial charge < -0.3 is 15.0 Å². The van der Waals surface area contributed by atoms with Crippen molar-refractivity contribution in [2.75, 3.05) is 32.1 Å². The van der Waals surface area contributed by atoms with E-state index in [0.29, 0.717) is 0 Å². The first-order valence-electron chi connectivity index (χ1n) is 12.2. The Balaban J connectivity index is 1.34. The highest BCUT2D eigenvalue weighted by Crippen LogP contribution is 2.35. The van der Waals surface area contributed by atoms with Crippen molar-refractivity contribution < 1.29 is 4.74 Å². The number of benzene rings is 2. The molecule has 2 unspecified atom stereocenters. The van der Waals surface area contributed by atoms with E-state index in [1.165, 1.54) is 51.6 Å². The minimum absolute atomic E-state index is 0.101. The third-order valence-electron chi connectivity index (χ3n) is 7.52. The third-order valence-corrected chi connectivity index (χ3v) is 8.83. The Hall–Kier alpha value is -2.11. The molecule has 4 nitrogen and oxygen atoms in total. The van der Waals surface area contributed by atoms with Crippen LogP contribution in [0.25, 0.3) is 20.2 Å². The molecular formula is C27H34N2O2S. The molecule has 0 saturated carbocycles. The minimum atomic E-state index is 0.101. The molecule has 5 rings (SSSR count). The molecule has 0 radical (unpaired) electrons. The van der Waals surface area contributed by atoms with Crippen LogP contribution in [0.5, 0.6) is 5.75 Å². The molecule has 32 heavy (non-hydrogen) atoms. The standard InChI is InChI=1S/C27H34N2O2S/c1-18-10-12-22(25-26(30)21-17-20(31-2)11-13-24(21)32-27(18)25)28-14-5-7-19-8-6-16-29-15-4-3-9-23(19)29/h10-13,17,19,23,28H,3-9,14-16H2,1-2H3. The quantitative estimate of drug-likeness (QED) is 0.359. The summed E-state index contributed by atoms with van der Waals surface area (Å²) in [5.74, 6) is 1.57. The number of fused-ring (bicyclic) bond motifs is 3. The lowest BCUT2D eigenvalue weighted by molar-refractivity contribution is 0.0553. The van der Waals surface area contributed by atoms with Gasteiger partial charge in [0, 0.05) is 33.1 Å². The minimum Gasteiger partial charge on any atom is -0.497 e. The van der Waals surface area contributed by atoms with E-state index in [0.717, 1.165) is 62.1 Å². The molecule has 2 saturated heterocycles. The summed E-state index contributed by atoms with van der Waals surface area (Å²) in [6.45, 7) is 5.62. The van der Waals surface area contributed by atoms with Crippen LogP contribution in [0, 0.1) is 12.8 Å². The number of aryl methyl sites for hydroxylation is 1. The smallest absolute Gasteiger partial charge is 0.198 e. The molecule has 170 valence electrons. The van der Waals surface area contributed by atoms with Crippen LogP contribution >= 0.6 is 11.3 Å². The van der Waals surface area contributed by atoms with Crippen LogP contribution in [0.1, 0.15) is 50.5 Å². The first-order chi connectivity index (χ1) is 15.7. The maximum absolute atomic E-state index is 13.5. The van der Waals surface area contributed by atoms with Gasteiger partial charge in [-0.3, -0.25) is 4.79 Å². The van der Waals surface area contributed by atoms with Gasteiger partial charge in [-0.15, -0.1) is 11.3 Å². The highest BCUT2D eigenvalue weighted by molar-refractivity contribution is 7.24. The van der Waals surface area contributed by atoms with Crippen molar-refractivity contribution in [2.45, 2.75) is 57.9 Å². The lowest BCUT2D eigenvalue weighted by atomic mass is 9.81. The number of piperidine rings is 2. The zero-order valence-electron chi connectivity index (χ0n) is 19.3. The summed E-state index contributed by atoms with van der Waals surface area (Å²) in [5.41, 5.74) is 2.23. The Kier molecular flexibility index (Phi) is 6.38. The van der Waals surface area contributed by atoms with E-state index in [4.69, 9.17) is 4.74 Å². The van der Waals surface area contributed by atoms with Gasteiger partial charge in [-0.25, -0.2) is 0 Å². The van der Waals surface area contributed by atoms with Crippen molar-refractivity contribution in [1.29, 1.82) is 0 Å². The highest BCUT2D eigenvalue weighted by atomic mass is 32.1. The summed E-state index contributed by atoms with van der Waals surface area (Å²) in [5, 5.41) is 5.19. The van der Waals surface area contributed by atoms with E-state index in [1.807, 2.05) is 18.2 Å². The SMILES string of the molecule is COc1ccc2sc3c(C)ccc(NCCCC4CCCN5CCCCC45)c3c(=O)c2c1. The van der Waals surface area contributed by atoms with Gasteiger partial charge in [0.05, 0.1) is 12.5 Å².